The normalized spacial score (nSPS) is 11.4. The molecule has 6 nitrogen and oxygen atoms in total. The summed E-state index contributed by atoms with van der Waals surface area (Å²) in [6, 6.07) is 32.8. The molecule has 0 aliphatic carbocycles. The van der Waals surface area contributed by atoms with Crippen LogP contribution in [-0.2, 0) is 0 Å². The molecule has 0 aliphatic rings. The molecule has 196 valence electrons. The van der Waals surface area contributed by atoms with Crippen molar-refractivity contribution in [1.82, 2.24) is 0 Å². The van der Waals surface area contributed by atoms with Crippen LogP contribution in [0.3, 0.4) is 0 Å². The third kappa shape index (κ3) is 7.46. The summed E-state index contributed by atoms with van der Waals surface area (Å²) in [5.41, 5.74) is 3.51. The third-order valence-electron chi connectivity index (χ3n) is 6.04. The van der Waals surface area contributed by atoms with Gasteiger partial charge < -0.3 is 20.1 Å². The van der Waals surface area contributed by atoms with Gasteiger partial charge in [0.25, 0.3) is 0 Å². The largest absolute Gasteiger partial charge is 0.497 e. The highest BCUT2D eigenvalue weighted by atomic mass is 16.5. The molecule has 0 atom stereocenters. The van der Waals surface area contributed by atoms with Crippen LogP contribution in [0.5, 0.6) is 11.5 Å². The predicted octanol–water partition coefficient (Wildman–Crippen LogP) is 7.15. The molecule has 2 N–H and O–H groups in total. The summed E-state index contributed by atoms with van der Waals surface area (Å²) >= 11 is 0. The van der Waals surface area contributed by atoms with Crippen molar-refractivity contribution in [2.24, 2.45) is 0 Å². The number of benzene rings is 4. The summed E-state index contributed by atoms with van der Waals surface area (Å²) in [5, 5.41) is 6.41. The summed E-state index contributed by atoms with van der Waals surface area (Å²) in [6.07, 6.45) is 3.43. The molecular formula is C33H30N2O4. The number of ketones is 2. The molecule has 0 heterocycles. The van der Waals surface area contributed by atoms with Gasteiger partial charge in [0.15, 0.2) is 11.6 Å². The number of anilines is 2. The molecule has 0 fully saturated rings. The average molecular weight is 519 g/mol. The molecule has 0 aromatic heterocycles. The zero-order valence-corrected chi connectivity index (χ0v) is 21.9. The molecule has 4 rings (SSSR count). The summed E-state index contributed by atoms with van der Waals surface area (Å²) in [5.74, 6) is 1.11. The van der Waals surface area contributed by atoms with Gasteiger partial charge >= 0.3 is 0 Å². The van der Waals surface area contributed by atoms with Gasteiger partial charge in [0, 0.05) is 52.5 Å². The van der Waals surface area contributed by atoms with E-state index in [0.717, 1.165) is 22.9 Å². The Morgan fingerprint density at radius 2 is 0.923 bits per heavy atom. The number of hydrogen-bond donors (Lipinski definition) is 2. The lowest BCUT2D eigenvalue weighted by atomic mass is 9.93. The van der Waals surface area contributed by atoms with Crippen molar-refractivity contribution < 1.29 is 19.1 Å². The van der Waals surface area contributed by atoms with E-state index in [9.17, 15) is 9.59 Å². The van der Waals surface area contributed by atoms with Crippen LogP contribution in [0, 0.1) is 0 Å². The Kier molecular flexibility index (Phi) is 9.29. The summed E-state index contributed by atoms with van der Waals surface area (Å²) < 4.78 is 10.5. The second-order valence-corrected chi connectivity index (χ2v) is 8.65. The Morgan fingerprint density at radius 1 is 0.564 bits per heavy atom. The molecule has 0 aliphatic heterocycles. The van der Waals surface area contributed by atoms with Gasteiger partial charge in [-0.15, -0.1) is 0 Å². The van der Waals surface area contributed by atoms with E-state index in [4.69, 9.17) is 9.47 Å². The van der Waals surface area contributed by atoms with Gasteiger partial charge in [-0.05, 0) is 48.5 Å². The minimum Gasteiger partial charge on any atom is -0.497 e. The molecule has 0 amide bonds. The molecule has 4 aromatic carbocycles. The van der Waals surface area contributed by atoms with Crippen LogP contribution in [-0.4, -0.2) is 25.8 Å². The van der Waals surface area contributed by atoms with Crippen molar-refractivity contribution in [3.63, 3.8) is 0 Å². The first-order chi connectivity index (χ1) is 19.1. The lowest BCUT2D eigenvalue weighted by Gasteiger charge is -2.13. The Morgan fingerprint density at radius 3 is 1.26 bits per heavy atom. The highest BCUT2D eigenvalue weighted by Gasteiger charge is 2.19. The van der Waals surface area contributed by atoms with E-state index in [1.807, 2.05) is 84.9 Å². The minimum absolute atomic E-state index is 0.105. The molecule has 0 saturated heterocycles. The summed E-state index contributed by atoms with van der Waals surface area (Å²) in [7, 11) is 3.22. The SMILES string of the molecule is COc1ccc(N/C=C(\C/C(=C\Nc2ccc(OC)cc2)C(=O)c2ccccc2)C(=O)c2ccccc2)cc1. The van der Waals surface area contributed by atoms with Gasteiger partial charge in [-0.2, -0.15) is 0 Å². The average Bonchev–Trinajstić information content (AvgIpc) is 3.01. The van der Waals surface area contributed by atoms with Crippen molar-refractivity contribution in [1.29, 1.82) is 0 Å². The molecule has 39 heavy (non-hydrogen) atoms. The predicted molar refractivity (Wildman–Crippen MR) is 156 cm³/mol. The lowest BCUT2D eigenvalue weighted by molar-refractivity contribution is 0.102. The molecule has 0 saturated carbocycles. The van der Waals surface area contributed by atoms with Crippen LogP contribution >= 0.6 is 0 Å². The fraction of sp³-hybridized carbons (Fsp3) is 0.0909. The van der Waals surface area contributed by atoms with E-state index >= 15 is 0 Å². The van der Waals surface area contributed by atoms with Gasteiger partial charge in [-0.25, -0.2) is 0 Å². The highest BCUT2D eigenvalue weighted by molar-refractivity contribution is 6.13. The van der Waals surface area contributed by atoms with E-state index in [1.165, 1.54) is 0 Å². The third-order valence-corrected chi connectivity index (χ3v) is 6.04. The van der Waals surface area contributed by atoms with Gasteiger partial charge in [0.2, 0.25) is 0 Å². The van der Waals surface area contributed by atoms with Crippen LogP contribution in [0.4, 0.5) is 11.4 Å². The zero-order valence-electron chi connectivity index (χ0n) is 21.9. The number of nitrogens with one attached hydrogen (secondary N) is 2. The zero-order chi connectivity index (χ0) is 27.5. The summed E-state index contributed by atoms with van der Waals surface area (Å²) in [6.45, 7) is 0. The van der Waals surface area contributed by atoms with E-state index in [0.29, 0.717) is 22.3 Å². The fourth-order valence-electron chi connectivity index (χ4n) is 3.86. The molecule has 0 spiro atoms. The molecule has 0 unspecified atom stereocenters. The molecule has 4 aromatic rings. The Hall–Kier alpha value is -5.10. The van der Waals surface area contributed by atoms with Crippen molar-refractivity contribution in [3.8, 4) is 11.5 Å². The van der Waals surface area contributed by atoms with Gasteiger partial charge in [-0.1, -0.05) is 60.7 Å². The molecular weight excluding hydrogens is 488 g/mol. The number of rotatable bonds is 12. The number of carbonyl (C=O) groups excluding carboxylic acids is 2. The van der Waals surface area contributed by atoms with Gasteiger partial charge in [0.05, 0.1) is 14.2 Å². The Labute approximate surface area is 228 Å². The van der Waals surface area contributed by atoms with Crippen LogP contribution in [0.2, 0.25) is 0 Å². The summed E-state index contributed by atoms with van der Waals surface area (Å²) in [4.78, 5) is 27.2. The standard InChI is InChI=1S/C33H30N2O4/c1-38-30-17-13-28(14-18-30)34-22-26(32(36)24-9-5-3-6-10-24)21-27(33(37)25-11-7-4-8-12-25)23-35-29-15-19-31(39-2)20-16-29/h3-20,22-23,34-35H,21H2,1-2H3/b26-22+,27-23+. The number of ether oxygens (including phenoxy) is 2. The quantitative estimate of drug-likeness (QED) is 0.153. The Balaban J connectivity index is 1.68. The van der Waals surface area contributed by atoms with E-state index in [1.54, 1.807) is 50.9 Å². The number of hydrogen-bond acceptors (Lipinski definition) is 6. The number of methoxy groups -OCH3 is 2. The van der Waals surface area contributed by atoms with Crippen LogP contribution in [0.15, 0.2) is 133 Å². The van der Waals surface area contributed by atoms with E-state index < -0.39 is 0 Å². The van der Waals surface area contributed by atoms with Crippen LogP contribution in [0.25, 0.3) is 0 Å². The molecule has 0 bridgehead atoms. The van der Waals surface area contributed by atoms with Gasteiger partial charge in [0.1, 0.15) is 11.5 Å². The monoisotopic (exact) mass is 518 g/mol. The number of Topliss-reactive ketones (excluding diaryl/α,β-unsaturated/α-hetero) is 2. The number of carbonyl (C=O) groups is 2. The number of allylic oxidation sites excluding steroid dienone is 2. The molecule has 0 radical (unpaired) electrons. The van der Waals surface area contributed by atoms with Crippen molar-refractivity contribution in [2.75, 3.05) is 24.9 Å². The Bertz CT molecular complexity index is 1330. The maximum Gasteiger partial charge on any atom is 0.190 e. The first-order valence-corrected chi connectivity index (χ1v) is 12.5. The fourth-order valence-corrected chi connectivity index (χ4v) is 3.86. The second kappa shape index (κ2) is 13.4. The van der Waals surface area contributed by atoms with E-state index in [2.05, 4.69) is 10.6 Å². The topological polar surface area (TPSA) is 76.7 Å². The minimum atomic E-state index is -0.173. The van der Waals surface area contributed by atoms with Crippen molar-refractivity contribution in [3.05, 3.63) is 144 Å². The second-order valence-electron chi connectivity index (χ2n) is 8.65. The van der Waals surface area contributed by atoms with Crippen LogP contribution in [0.1, 0.15) is 27.1 Å². The highest BCUT2D eigenvalue weighted by Crippen LogP contribution is 2.23. The van der Waals surface area contributed by atoms with Crippen molar-refractivity contribution in [2.45, 2.75) is 6.42 Å². The first kappa shape index (κ1) is 26.9. The maximum atomic E-state index is 13.6. The lowest BCUT2D eigenvalue weighted by Crippen LogP contribution is -2.12. The first-order valence-electron chi connectivity index (χ1n) is 12.5. The molecule has 6 heteroatoms. The smallest absolute Gasteiger partial charge is 0.190 e. The van der Waals surface area contributed by atoms with E-state index in [-0.39, 0.29) is 18.0 Å². The maximum absolute atomic E-state index is 13.6. The van der Waals surface area contributed by atoms with Crippen LogP contribution < -0.4 is 20.1 Å². The van der Waals surface area contributed by atoms with Gasteiger partial charge in [-0.3, -0.25) is 9.59 Å². The van der Waals surface area contributed by atoms with Crippen molar-refractivity contribution >= 4 is 22.9 Å².